The lowest BCUT2D eigenvalue weighted by atomic mass is 10.0. The van der Waals surface area contributed by atoms with Crippen LogP contribution in [0.15, 0.2) is 65.3 Å². The maximum Gasteiger partial charge on any atom is 0.226 e. The second-order valence-corrected chi connectivity index (χ2v) is 6.13. The lowest BCUT2D eigenvalue weighted by Crippen LogP contribution is -2.29. The van der Waals surface area contributed by atoms with Crippen LogP contribution in [-0.4, -0.2) is 10.9 Å². The van der Waals surface area contributed by atoms with Gasteiger partial charge in [0.05, 0.1) is 18.2 Å². The van der Waals surface area contributed by atoms with Gasteiger partial charge in [0.2, 0.25) is 11.8 Å². The number of aryl methyl sites for hydroxylation is 1. The molecule has 0 radical (unpaired) electrons. The fourth-order valence-electron chi connectivity index (χ4n) is 2.73. The highest BCUT2D eigenvalue weighted by Crippen LogP contribution is 2.19. The standard InChI is InChI=1S/C21H22N2O2/c1-3-19(16-11-9-15(2)10-12-16)23-20(24)13-18-14-25-21(22-18)17-7-5-4-6-8-17/h4-12,14,19H,3,13H2,1-2H3,(H,23,24). The van der Waals surface area contributed by atoms with Gasteiger partial charge < -0.3 is 9.73 Å². The van der Waals surface area contributed by atoms with Gasteiger partial charge in [-0.15, -0.1) is 0 Å². The van der Waals surface area contributed by atoms with Gasteiger partial charge in [0.25, 0.3) is 0 Å². The summed E-state index contributed by atoms with van der Waals surface area (Å²) in [5.74, 6) is 0.481. The summed E-state index contributed by atoms with van der Waals surface area (Å²) in [5, 5.41) is 3.08. The number of hydrogen-bond acceptors (Lipinski definition) is 3. The smallest absolute Gasteiger partial charge is 0.226 e. The van der Waals surface area contributed by atoms with Gasteiger partial charge in [-0.05, 0) is 31.0 Å². The third kappa shape index (κ3) is 4.35. The molecule has 0 aliphatic heterocycles. The molecule has 0 spiro atoms. The molecule has 1 amide bonds. The topological polar surface area (TPSA) is 55.1 Å². The summed E-state index contributed by atoms with van der Waals surface area (Å²) in [4.78, 5) is 16.8. The van der Waals surface area contributed by atoms with Gasteiger partial charge >= 0.3 is 0 Å². The monoisotopic (exact) mass is 334 g/mol. The molecule has 25 heavy (non-hydrogen) atoms. The van der Waals surface area contributed by atoms with Crippen molar-refractivity contribution in [3.05, 3.63) is 77.7 Å². The summed E-state index contributed by atoms with van der Waals surface area (Å²) in [6, 6.07) is 17.9. The van der Waals surface area contributed by atoms with Gasteiger partial charge in [0.15, 0.2) is 0 Å². The molecule has 0 saturated carbocycles. The Bertz CT molecular complexity index is 823. The normalized spacial score (nSPS) is 11.9. The Morgan fingerprint density at radius 2 is 1.84 bits per heavy atom. The molecular weight excluding hydrogens is 312 g/mol. The van der Waals surface area contributed by atoms with E-state index in [9.17, 15) is 4.79 Å². The van der Waals surface area contributed by atoms with E-state index in [-0.39, 0.29) is 18.4 Å². The van der Waals surface area contributed by atoms with Gasteiger partial charge in [-0.1, -0.05) is 55.0 Å². The van der Waals surface area contributed by atoms with E-state index in [2.05, 4.69) is 48.4 Å². The highest BCUT2D eigenvalue weighted by atomic mass is 16.3. The minimum absolute atomic E-state index is 0.00796. The summed E-state index contributed by atoms with van der Waals surface area (Å²) in [5.41, 5.74) is 3.86. The quantitative estimate of drug-likeness (QED) is 0.724. The molecule has 1 atom stereocenters. The van der Waals surface area contributed by atoms with Crippen molar-refractivity contribution in [2.75, 3.05) is 0 Å². The fraction of sp³-hybridized carbons (Fsp3) is 0.238. The second-order valence-electron chi connectivity index (χ2n) is 6.13. The van der Waals surface area contributed by atoms with Crippen molar-refractivity contribution in [3.8, 4) is 11.5 Å². The number of amides is 1. The molecule has 1 aromatic heterocycles. The lowest BCUT2D eigenvalue weighted by molar-refractivity contribution is -0.121. The third-order valence-corrected chi connectivity index (χ3v) is 4.14. The van der Waals surface area contributed by atoms with Crippen LogP contribution in [0, 0.1) is 6.92 Å². The minimum atomic E-state index is -0.0552. The Kier molecular flexibility index (Phi) is 5.29. The highest BCUT2D eigenvalue weighted by Gasteiger charge is 2.15. The van der Waals surface area contributed by atoms with Crippen molar-refractivity contribution in [2.24, 2.45) is 0 Å². The van der Waals surface area contributed by atoms with Crippen LogP contribution in [0.4, 0.5) is 0 Å². The van der Waals surface area contributed by atoms with Crippen LogP contribution in [0.2, 0.25) is 0 Å². The number of hydrogen-bond donors (Lipinski definition) is 1. The van der Waals surface area contributed by atoms with E-state index in [0.29, 0.717) is 11.6 Å². The number of aromatic nitrogens is 1. The van der Waals surface area contributed by atoms with Gasteiger partial charge in [-0.3, -0.25) is 4.79 Å². The zero-order valence-corrected chi connectivity index (χ0v) is 14.5. The summed E-state index contributed by atoms with van der Waals surface area (Å²) >= 11 is 0. The Morgan fingerprint density at radius 1 is 1.12 bits per heavy atom. The summed E-state index contributed by atoms with van der Waals surface area (Å²) in [6.45, 7) is 4.12. The molecule has 0 bridgehead atoms. The Hall–Kier alpha value is -2.88. The number of carbonyl (C=O) groups excluding carboxylic acids is 1. The van der Waals surface area contributed by atoms with E-state index in [1.165, 1.54) is 5.56 Å². The molecule has 1 heterocycles. The average Bonchev–Trinajstić information content (AvgIpc) is 3.10. The Labute approximate surface area is 147 Å². The third-order valence-electron chi connectivity index (χ3n) is 4.14. The molecule has 0 fully saturated rings. The molecular formula is C21H22N2O2. The Morgan fingerprint density at radius 3 is 2.52 bits per heavy atom. The van der Waals surface area contributed by atoms with Gasteiger partial charge in [0.1, 0.15) is 6.26 Å². The predicted molar refractivity (Wildman–Crippen MR) is 98.0 cm³/mol. The second kappa shape index (κ2) is 7.79. The maximum absolute atomic E-state index is 12.4. The van der Waals surface area contributed by atoms with Crippen LogP contribution < -0.4 is 5.32 Å². The van der Waals surface area contributed by atoms with E-state index >= 15 is 0 Å². The van der Waals surface area contributed by atoms with Crippen molar-refractivity contribution in [3.63, 3.8) is 0 Å². The van der Waals surface area contributed by atoms with Crippen LogP contribution in [0.25, 0.3) is 11.5 Å². The van der Waals surface area contributed by atoms with E-state index in [4.69, 9.17) is 4.42 Å². The molecule has 1 unspecified atom stereocenters. The van der Waals surface area contributed by atoms with Crippen LogP contribution in [-0.2, 0) is 11.2 Å². The van der Waals surface area contributed by atoms with E-state index in [0.717, 1.165) is 17.5 Å². The maximum atomic E-state index is 12.4. The van der Waals surface area contributed by atoms with Crippen LogP contribution >= 0.6 is 0 Å². The molecule has 4 nitrogen and oxygen atoms in total. The summed E-state index contributed by atoms with van der Waals surface area (Å²) in [6.07, 6.45) is 2.59. The molecule has 3 rings (SSSR count). The number of nitrogens with zero attached hydrogens (tertiary/aromatic N) is 1. The zero-order chi connectivity index (χ0) is 17.6. The molecule has 0 aliphatic carbocycles. The van der Waals surface area contributed by atoms with Crippen molar-refractivity contribution in [1.29, 1.82) is 0 Å². The number of nitrogens with one attached hydrogen (secondary N) is 1. The summed E-state index contributed by atoms with van der Waals surface area (Å²) in [7, 11) is 0. The number of oxazole rings is 1. The zero-order valence-electron chi connectivity index (χ0n) is 14.5. The predicted octanol–water partition coefficient (Wildman–Crippen LogP) is 4.46. The highest BCUT2D eigenvalue weighted by molar-refractivity contribution is 5.78. The van der Waals surface area contributed by atoms with Crippen LogP contribution in [0.5, 0.6) is 0 Å². The fourth-order valence-corrected chi connectivity index (χ4v) is 2.73. The van der Waals surface area contributed by atoms with E-state index in [1.807, 2.05) is 30.3 Å². The van der Waals surface area contributed by atoms with Crippen LogP contribution in [0.3, 0.4) is 0 Å². The molecule has 128 valence electrons. The van der Waals surface area contributed by atoms with Crippen molar-refractivity contribution in [2.45, 2.75) is 32.7 Å². The Balaban J connectivity index is 1.64. The number of carbonyl (C=O) groups is 1. The molecule has 0 aliphatic rings. The molecule has 2 aromatic carbocycles. The van der Waals surface area contributed by atoms with Crippen molar-refractivity contribution in [1.82, 2.24) is 10.3 Å². The lowest BCUT2D eigenvalue weighted by Gasteiger charge is -2.17. The molecule has 4 heteroatoms. The van der Waals surface area contributed by atoms with Crippen LogP contribution in [0.1, 0.15) is 36.2 Å². The van der Waals surface area contributed by atoms with Crippen molar-refractivity contribution < 1.29 is 9.21 Å². The summed E-state index contributed by atoms with van der Waals surface area (Å²) < 4.78 is 5.49. The first-order valence-corrected chi connectivity index (χ1v) is 8.51. The number of rotatable bonds is 6. The van der Waals surface area contributed by atoms with E-state index < -0.39 is 0 Å². The van der Waals surface area contributed by atoms with Gasteiger partial charge in [0, 0.05) is 5.56 Å². The molecule has 0 saturated heterocycles. The first-order valence-electron chi connectivity index (χ1n) is 8.51. The van der Waals surface area contributed by atoms with E-state index in [1.54, 1.807) is 6.26 Å². The van der Waals surface area contributed by atoms with Gasteiger partial charge in [-0.2, -0.15) is 0 Å². The minimum Gasteiger partial charge on any atom is -0.444 e. The first-order chi connectivity index (χ1) is 12.2. The van der Waals surface area contributed by atoms with Crippen molar-refractivity contribution >= 4 is 5.91 Å². The molecule has 3 aromatic rings. The molecule has 1 N–H and O–H groups in total. The first kappa shape index (κ1) is 17.0. The number of benzene rings is 2. The SMILES string of the molecule is CCC(NC(=O)Cc1coc(-c2ccccc2)n1)c1ccc(C)cc1. The average molecular weight is 334 g/mol. The van der Waals surface area contributed by atoms with Gasteiger partial charge in [-0.25, -0.2) is 4.98 Å². The largest absolute Gasteiger partial charge is 0.444 e.